The van der Waals surface area contributed by atoms with Gasteiger partial charge in [0, 0.05) is 15.1 Å². The summed E-state index contributed by atoms with van der Waals surface area (Å²) in [5, 5.41) is 4.89. The van der Waals surface area contributed by atoms with Crippen LogP contribution in [0.2, 0.25) is 5.02 Å². The highest BCUT2D eigenvalue weighted by molar-refractivity contribution is 9.10. The third-order valence-corrected chi connectivity index (χ3v) is 5.59. The maximum Gasteiger partial charge on any atom is 0.295 e. The molecule has 142 valence electrons. The Hall–Kier alpha value is -1.73. The van der Waals surface area contributed by atoms with Gasteiger partial charge in [-0.3, -0.25) is 4.79 Å². The molecular weight excluding hydrogens is 428 g/mol. The van der Waals surface area contributed by atoms with Crippen LogP contribution in [0.25, 0.3) is 0 Å². The van der Waals surface area contributed by atoms with Gasteiger partial charge in [-0.1, -0.05) is 57.9 Å². The summed E-state index contributed by atoms with van der Waals surface area (Å²) in [5.74, 6) is -0.0502. The summed E-state index contributed by atoms with van der Waals surface area (Å²) in [7, 11) is 0. The number of piperazine rings is 1. The quantitative estimate of drug-likeness (QED) is 0.436. The molecule has 0 unspecified atom stereocenters. The summed E-state index contributed by atoms with van der Waals surface area (Å²) in [6.07, 6.45) is 1.66. The van der Waals surface area contributed by atoms with Crippen LogP contribution >= 0.6 is 27.5 Å². The zero-order chi connectivity index (χ0) is 19.1. The number of hydrogen-bond acceptors (Lipinski definition) is 2. The Morgan fingerprint density at radius 3 is 2.59 bits per heavy atom. The van der Waals surface area contributed by atoms with Crippen molar-refractivity contribution >= 4 is 39.7 Å². The van der Waals surface area contributed by atoms with Crippen LogP contribution in [0.1, 0.15) is 11.1 Å². The number of hydrogen-bond donors (Lipinski definition) is 3. The van der Waals surface area contributed by atoms with Crippen LogP contribution in [0.15, 0.2) is 58.1 Å². The van der Waals surface area contributed by atoms with Gasteiger partial charge in [-0.05, 0) is 23.8 Å². The van der Waals surface area contributed by atoms with Crippen molar-refractivity contribution in [2.45, 2.75) is 6.54 Å². The second-order valence-corrected chi connectivity index (χ2v) is 8.12. The van der Waals surface area contributed by atoms with Crippen LogP contribution < -0.4 is 15.2 Å². The van der Waals surface area contributed by atoms with Gasteiger partial charge < -0.3 is 9.80 Å². The molecule has 1 aliphatic rings. The van der Waals surface area contributed by atoms with Crippen LogP contribution in [0.5, 0.6) is 0 Å². The minimum absolute atomic E-state index is 0.0502. The van der Waals surface area contributed by atoms with E-state index >= 15 is 0 Å². The fraction of sp³-hybridized carbons (Fsp3) is 0.300. The van der Waals surface area contributed by atoms with Crippen LogP contribution in [0.3, 0.4) is 0 Å². The maximum absolute atomic E-state index is 12.1. The number of halogens is 2. The molecule has 2 aromatic rings. The molecular formula is C20H24BrClN4O+2. The first-order valence-corrected chi connectivity index (χ1v) is 10.3. The van der Waals surface area contributed by atoms with E-state index in [1.165, 1.54) is 15.4 Å². The molecule has 1 amide bonds. The van der Waals surface area contributed by atoms with Gasteiger partial charge in [-0.15, -0.1) is 0 Å². The fourth-order valence-electron chi connectivity index (χ4n) is 3.25. The van der Waals surface area contributed by atoms with Crippen molar-refractivity contribution < 1.29 is 14.6 Å². The normalized spacial score (nSPS) is 19.9. The van der Waals surface area contributed by atoms with Gasteiger partial charge in [0.25, 0.3) is 5.91 Å². The van der Waals surface area contributed by atoms with E-state index in [2.05, 4.69) is 32.5 Å². The SMILES string of the molecule is O=C(C[NH+]1CC[NH+](Cc2ccccc2Cl)CC1)NN=Cc1cccc(Br)c1. The number of rotatable bonds is 6. The van der Waals surface area contributed by atoms with Crippen molar-refractivity contribution in [1.82, 2.24) is 5.43 Å². The summed E-state index contributed by atoms with van der Waals surface area (Å²) >= 11 is 9.67. The second-order valence-electron chi connectivity index (χ2n) is 6.79. The third kappa shape index (κ3) is 6.43. The van der Waals surface area contributed by atoms with Crippen LogP contribution in [-0.4, -0.2) is 44.8 Å². The van der Waals surface area contributed by atoms with E-state index in [-0.39, 0.29) is 5.91 Å². The summed E-state index contributed by atoms with van der Waals surface area (Å²) in [6, 6.07) is 15.8. The van der Waals surface area contributed by atoms with Gasteiger partial charge in [-0.25, -0.2) is 5.43 Å². The predicted octanol–water partition coefficient (Wildman–Crippen LogP) is 0.536. The summed E-state index contributed by atoms with van der Waals surface area (Å²) in [5.41, 5.74) is 4.76. The molecule has 0 radical (unpaired) electrons. The van der Waals surface area contributed by atoms with Crippen molar-refractivity contribution in [3.05, 3.63) is 69.2 Å². The average Bonchev–Trinajstić information content (AvgIpc) is 2.65. The van der Waals surface area contributed by atoms with Gasteiger partial charge in [0.2, 0.25) is 0 Å². The molecule has 0 saturated carbocycles. The third-order valence-electron chi connectivity index (χ3n) is 4.72. The number of carbonyl (C=O) groups is 1. The molecule has 0 spiro atoms. The van der Waals surface area contributed by atoms with Gasteiger partial charge in [-0.2, -0.15) is 5.10 Å². The van der Waals surface area contributed by atoms with Gasteiger partial charge in [0.1, 0.15) is 32.7 Å². The molecule has 0 bridgehead atoms. The average molecular weight is 452 g/mol. The molecule has 0 aliphatic carbocycles. The molecule has 3 rings (SSSR count). The number of nitrogens with one attached hydrogen (secondary N) is 3. The fourth-order valence-corrected chi connectivity index (χ4v) is 3.87. The Labute approximate surface area is 173 Å². The van der Waals surface area contributed by atoms with E-state index in [4.69, 9.17) is 11.6 Å². The number of benzene rings is 2. The zero-order valence-electron chi connectivity index (χ0n) is 15.1. The number of hydrazone groups is 1. The monoisotopic (exact) mass is 450 g/mol. The molecule has 1 aliphatic heterocycles. The number of carbonyl (C=O) groups excluding carboxylic acids is 1. The van der Waals surface area contributed by atoms with E-state index in [1.807, 2.05) is 42.5 Å². The van der Waals surface area contributed by atoms with Gasteiger partial charge in [0.05, 0.1) is 6.21 Å². The molecule has 1 heterocycles. The molecule has 0 atom stereocenters. The lowest BCUT2D eigenvalue weighted by molar-refractivity contribution is -1.02. The van der Waals surface area contributed by atoms with Crippen molar-refractivity contribution in [2.24, 2.45) is 5.10 Å². The second kappa shape index (κ2) is 9.99. The number of nitrogens with zero attached hydrogens (tertiary/aromatic N) is 1. The predicted molar refractivity (Wildman–Crippen MR) is 111 cm³/mol. The minimum Gasteiger partial charge on any atom is -0.322 e. The Morgan fingerprint density at radius 2 is 1.85 bits per heavy atom. The maximum atomic E-state index is 12.1. The lowest BCUT2D eigenvalue weighted by Crippen LogP contribution is -3.28. The molecule has 5 nitrogen and oxygen atoms in total. The van der Waals surface area contributed by atoms with Gasteiger partial charge in [0.15, 0.2) is 6.54 Å². The van der Waals surface area contributed by atoms with Crippen molar-refractivity contribution in [1.29, 1.82) is 0 Å². The lowest BCUT2D eigenvalue weighted by Gasteiger charge is -2.29. The Bertz CT molecular complexity index is 806. The minimum atomic E-state index is -0.0502. The Kier molecular flexibility index (Phi) is 7.41. The highest BCUT2D eigenvalue weighted by atomic mass is 79.9. The first kappa shape index (κ1) is 20.0. The van der Waals surface area contributed by atoms with E-state index in [0.717, 1.165) is 47.8 Å². The van der Waals surface area contributed by atoms with E-state index in [0.29, 0.717) is 6.54 Å². The molecule has 2 aromatic carbocycles. The first-order valence-electron chi connectivity index (χ1n) is 9.08. The van der Waals surface area contributed by atoms with Crippen molar-refractivity contribution in [3.8, 4) is 0 Å². The Morgan fingerprint density at radius 1 is 1.11 bits per heavy atom. The lowest BCUT2D eigenvalue weighted by atomic mass is 10.2. The molecule has 7 heteroatoms. The topological polar surface area (TPSA) is 50.3 Å². The van der Waals surface area contributed by atoms with Crippen LogP contribution in [-0.2, 0) is 11.3 Å². The smallest absolute Gasteiger partial charge is 0.295 e. The van der Waals surface area contributed by atoms with Crippen LogP contribution in [0.4, 0.5) is 0 Å². The summed E-state index contributed by atoms with van der Waals surface area (Å²) < 4.78 is 0.986. The highest BCUT2D eigenvalue weighted by Gasteiger charge is 2.25. The molecule has 27 heavy (non-hydrogen) atoms. The first-order chi connectivity index (χ1) is 13.1. The van der Waals surface area contributed by atoms with Gasteiger partial charge >= 0.3 is 0 Å². The molecule has 1 fully saturated rings. The zero-order valence-corrected chi connectivity index (χ0v) is 17.4. The van der Waals surface area contributed by atoms with E-state index in [1.54, 1.807) is 6.21 Å². The number of amides is 1. The van der Waals surface area contributed by atoms with E-state index < -0.39 is 0 Å². The Balaban J connectivity index is 1.39. The molecule has 0 aromatic heterocycles. The molecule has 3 N–H and O–H groups in total. The van der Waals surface area contributed by atoms with E-state index in [9.17, 15) is 4.79 Å². The standard InChI is InChI=1S/C20H22BrClN4O/c21-18-6-3-4-16(12-18)13-23-24-20(27)15-26-10-8-25(9-11-26)14-17-5-1-2-7-19(17)22/h1-7,12-13H,8-11,14-15H2,(H,24,27)/p+2. The molecule has 1 saturated heterocycles. The summed E-state index contributed by atoms with van der Waals surface area (Å²) in [4.78, 5) is 14.9. The largest absolute Gasteiger partial charge is 0.322 e. The summed E-state index contributed by atoms with van der Waals surface area (Å²) in [6.45, 7) is 5.42. The number of quaternary nitrogens is 2. The highest BCUT2D eigenvalue weighted by Crippen LogP contribution is 2.13. The van der Waals surface area contributed by atoms with Crippen molar-refractivity contribution in [3.63, 3.8) is 0 Å². The van der Waals surface area contributed by atoms with Crippen molar-refractivity contribution in [2.75, 3.05) is 32.7 Å². The van der Waals surface area contributed by atoms with Crippen LogP contribution in [0, 0.1) is 0 Å².